The van der Waals surface area contributed by atoms with Crippen LogP contribution in [0.5, 0.6) is 0 Å². The normalized spacial score (nSPS) is 16.2. The fraction of sp³-hybridized carbons (Fsp3) is 0.588. The van der Waals surface area contributed by atoms with Crippen LogP contribution in [-0.4, -0.2) is 44.5 Å². The lowest BCUT2D eigenvalue weighted by Crippen LogP contribution is -2.37. The van der Waals surface area contributed by atoms with Crippen LogP contribution < -0.4 is 4.90 Å². The lowest BCUT2D eigenvalue weighted by atomic mass is 10.2. The summed E-state index contributed by atoms with van der Waals surface area (Å²) in [5.74, 6) is 0.168. The zero-order valence-electron chi connectivity index (χ0n) is 13.8. The number of benzene rings is 1. The van der Waals surface area contributed by atoms with Crippen molar-refractivity contribution in [2.75, 3.05) is 30.8 Å². The van der Waals surface area contributed by atoms with E-state index in [4.69, 9.17) is 0 Å². The van der Waals surface area contributed by atoms with Crippen molar-refractivity contribution in [1.82, 2.24) is 4.31 Å². The summed E-state index contributed by atoms with van der Waals surface area (Å²) in [7, 11) is -1.39. The van der Waals surface area contributed by atoms with Crippen molar-refractivity contribution in [3.8, 4) is 0 Å². The SMILES string of the molecule is CN(C(=O)CCCCS(=O)(=O)N1CCCCC1)c1ccccc1. The van der Waals surface area contributed by atoms with Crippen LogP contribution in [0.3, 0.4) is 0 Å². The monoisotopic (exact) mass is 338 g/mol. The van der Waals surface area contributed by atoms with Gasteiger partial charge in [0, 0.05) is 32.2 Å². The van der Waals surface area contributed by atoms with Crippen molar-refractivity contribution in [2.45, 2.75) is 38.5 Å². The molecule has 23 heavy (non-hydrogen) atoms. The first-order chi connectivity index (χ1) is 11.0. The van der Waals surface area contributed by atoms with Gasteiger partial charge in [0.25, 0.3) is 0 Å². The molecule has 1 aromatic carbocycles. The highest BCUT2D eigenvalue weighted by Gasteiger charge is 2.23. The van der Waals surface area contributed by atoms with Gasteiger partial charge >= 0.3 is 0 Å². The molecule has 1 fully saturated rings. The van der Waals surface area contributed by atoms with Crippen LogP contribution in [0.1, 0.15) is 38.5 Å². The zero-order valence-corrected chi connectivity index (χ0v) is 14.6. The number of hydrogen-bond donors (Lipinski definition) is 0. The Kier molecular flexibility index (Phi) is 6.59. The minimum atomic E-state index is -3.15. The highest BCUT2D eigenvalue weighted by molar-refractivity contribution is 7.89. The van der Waals surface area contributed by atoms with Gasteiger partial charge in [-0.1, -0.05) is 24.6 Å². The second kappa shape index (κ2) is 8.45. The number of carbonyl (C=O) groups is 1. The minimum absolute atomic E-state index is 0.0200. The molecule has 1 saturated heterocycles. The van der Waals surface area contributed by atoms with Crippen LogP contribution in [0.2, 0.25) is 0 Å². The molecule has 1 aliphatic rings. The van der Waals surface area contributed by atoms with Gasteiger partial charge in [0.1, 0.15) is 0 Å². The highest BCUT2D eigenvalue weighted by Crippen LogP contribution is 2.16. The van der Waals surface area contributed by atoms with E-state index in [0.717, 1.165) is 24.9 Å². The van der Waals surface area contributed by atoms with Crippen molar-refractivity contribution >= 4 is 21.6 Å². The summed E-state index contributed by atoms with van der Waals surface area (Å²) < 4.78 is 26.0. The van der Waals surface area contributed by atoms with E-state index in [1.165, 1.54) is 0 Å². The van der Waals surface area contributed by atoms with E-state index in [9.17, 15) is 13.2 Å². The fourth-order valence-electron chi connectivity index (χ4n) is 2.80. The molecule has 0 aromatic heterocycles. The average molecular weight is 338 g/mol. The van der Waals surface area contributed by atoms with Crippen molar-refractivity contribution in [3.63, 3.8) is 0 Å². The van der Waals surface area contributed by atoms with Crippen molar-refractivity contribution in [2.24, 2.45) is 0 Å². The van der Waals surface area contributed by atoms with E-state index in [1.807, 2.05) is 30.3 Å². The standard InChI is InChI=1S/C17H26N2O3S/c1-18(16-10-4-2-5-11-16)17(20)12-6-9-15-23(21,22)19-13-7-3-8-14-19/h2,4-5,10-11H,3,6-9,12-15H2,1H3. The number of nitrogens with zero attached hydrogens (tertiary/aromatic N) is 2. The third-order valence-corrected chi connectivity index (χ3v) is 6.23. The first-order valence-electron chi connectivity index (χ1n) is 8.30. The topological polar surface area (TPSA) is 57.7 Å². The van der Waals surface area contributed by atoms with Gasteiger partial charge < -0.3 is 4.90 Å². The molecule has 0 saturated carbocycles. The van der Waals surface area contributed by atoms with Gasteiger partial charge in [-0.05, 0) is 37.8 Å². The minimum Gasteiger partial charge on any atom is -0.316 e. The van der Waals surface area contributed by atoms with Crippen LogP contribution in [0.4, 0.5) is 5.69 Å². The quantitative estimate of drug-likeness (QED) is 0.718. The Morgan fingerprint density at radius 3 is 2.39 bits per heavy atom. The van der Waals surface area contributed by atoms with Gasteiger partial charge in [-0.2, -0.15) is 0 Å². The Morgan fingerprint density at radius 2 is 1.74 bits per heavy atom. The second-order valence-corrected chi connectivity index (χ2v) is 8.11. The Labute approximate surface area is 139 Å². The predicted molar refractivity (Wildman–Crippen MR) is 92.9 cm³/mol. The van der Waals surface area contributed by atoms with E-state index < -0.39 is 10.0 Å². The summed E-state index contributed by atoms with van der Waals surface area (Å²) in [6.07, 6.45) is 4.54. The third-order valence-electron chi connectivity index (χ3n) is 4.27. The number of unbranched alkanes of at least 4 members (excludes halogenated alkanes) is 1. The molecule has 1 amide bonds. The molecule has 2 rings (SSSR count). The van der Waals surface area contributed by atoms with Gasteiger partial charge in [0.05, 0.1) is 5.75 Å². The van der Waals surface area contributed by atoms with E-state index in [1.54, 1.807) is 16.3 Å². The number of amides is 1. The summed E-state index contributed by atoms with van der Waals surface area (Å²) in [5, 5.41) is 0. The number of piperidine rings is 1. The van der Waals surface area contributed by atoms with Crippen LogP contribution in [0, 0.1) is 0 Å². The van der Waals surface area contributed by atoms with Crippen LogP contribution >= 0.6 is 0 Å². The Morgan fingerprint density at radius 1 is 1.09 bits per heavy atom. The number of para-hydroxylation sites is 1. The number of rotatable bonds is 7. The lowest BCUT2D eigenvalue weighted by molar-refractivity contribution is -0.118. The van der Waals surface area contributed by atoms with Gasteiger partial charge in [0.15, 0.2) is 0 Å². The molecule has 0 radical (unpaired) electrons. The highest BCUT2D eigenvalue weighted by atomic mass is 32.2. The Balaban J connectivity index is 1.73. The van der Waals surface area contributed by atoms with Crippen LogP contribution in [0.15, 0.2) is 30.3 Å². The number of sulfonamides is 1. The van der Waals surface area contributed by atoms with E-state index >= 15 is 0 Å². The number of anilines is 1. The van der Waals surface area contributed by atoms with Gasteiger partial charge in [0.2, 0.25) is 15.9 Å². The molecule has 0 bridgehead atoms. The third kappa shape index (κ3) is 5.32. The number of hydrogen-bond acceptors (Lipinski definition) is 3. The number of carbonyl (C=O) groups excluding carboxylic acids is 1. The van der Waals surface area contributed by atoms with Gasteiger partial charge in [-0.3, -0.25) is 4.79 Å². The van der Waals surface area contributed by atoms with Crippen LogP contribution in [0.25, 0.3) is 0 Å². The summed E-state index contributed by atoms with van der Waals surface area (Å²) in [5.41, 5.74) is 0.860. The summed E-state index contributed by atoms with van der Waals surface area (Å²) in [4.78, 5) is 13.8. The molecule has 0 aliphatic carbocycles. The molecule has 0 N–H and O–H groups in total. The molecule has 0 unspecified atom stereocenters. The summed E-state index contributed by atoms with van der Waals surface area (Å²) >= 11 is 0. The summed E-state index contributed by atoms with van der Waals surface area (Å²) in [6.45, 7) is 1.30. The molecular weight excluding hydrogens is 312 g/mol. The summed E-state index contributed by atoms with van der Waals surface area (Å²) in [6, 6.07) is 9.47. The molecule has 128 valence electrons. The van der Waals surface area contributed by atoms with E-state index in [0.29, 0.717) is 32.4 Å². The smallest absolute Gasteiger partial charge is 0.226 e. The lowest BCUT2D eigenvalue weighted by Gasteiger charge is -2.25. The fourth-order valence-corrected chi connectivity index (χ4v) is 4.44. The Bertz CT molecular complexity index is 596. The molecular formula is C17H26N2O3S. The second-order valence-electron chi connectivity index (χ2n) is 6.02. The average Bonchev–Trinajstić information content (AvgIpc) is 2.59. The largest absolute Gasteiger partial charge is 0.316 e. The molecule has 1 aromatic rings. The van der Waals surface area contributed by atoms with Crippen molar-refractivity contribution < 1.29 is 13.2 Å². The predicted octanol–water partition coefficient (Wildman–Crippen LogP) is 2.64. The first-order valence-corrected chi connectivity index (χ1v) is 9.91. The molecule has 1 heterocycles. The maximum absolute atomic E-state index is 12.2. The van der Waals surface area contributed by atoms with E-state index in [2.05, 4.69) is 0 Å². The molecule has 0 atom stereocenters. The van der Waals surface area contributed by atoms with Gasteiger partial charge in [-0.15, -0.1) is 0 Å². The molecule has 5 nitrogen and oxygen atoms in total. The van der Waals surface area contributed by atoms with Crippen molar-refractivity contribution in [3.05, 3.63) is 30.3 Å². The molecule has 0 spiro atoms. The maximum atomic E-state index is 12.2. The van der Waals surface area contributed by atoms with Crippen LogP contribution in [-0.2, 0) is 14.8 Å². The van der Waals surface area contributed by atoms with Gasteiger partial charge in [-0.25, -0.2) is 12.7 Å². The maximum Gasteiger partial charge on any atom is 0.226 e. The zero-order chi connectivity index (χ0) is 16.7. The van der Waals surface area contributed by atoms with E-state index in [-0.39, 0.29) is 11.7 Å². The molecule has 1 aliphatic heterocycles. The van der Waals surface area contributed by atoms with Crippen molar-refractivity contribution in [1.29, 1.82) is 0 Å². The first kappa shape index (κ1) is 17.9. The Hall–Kier alpha value is -1.40. The molecule has 6 heteroatoms.